The predicted molar refractivity (Wildman–Crippen MR) is 86.7 cm³/mol. The molecule has 1 unspecified atom stereocenters. The van der Waals surface area contributed by atoms with E-state index in [1.807, 2.05) is 12.1 Å². The molecule has 0 saturated heterocycles. The van der Waals surface area contributed by atoms with Gasteiger partial charge in [-0.1, -0.05) is 56.4 Å². The Morgan fingerprint density at radius 3 is 2.29 bits per heavy atom. The summed E-state index contributed by atoms with van der Waals surface area (Å²) in [6.07, 6.45) is 8.36. The zero-order valence-electron chi connectivity index (χ0n) is 13.1. The van der Waals surface area contributed by atoms with E-state index in [-0.39, 0.29) is 17.9 Å². The minimum absolute atomic E-state index is 0.0646. The highest BCUT2D eigenvalue weighted by molar-refractivity contribution is 5.79. The van der Waals surface area contributed by atoms with E-state index < -0.39 is 0 Å². The maximum Gasteiger partial charge on any atom is 0.223 e. The number of amides is 1. The van der Waals surface area contributed by atoms with E-state index in [9.17, 15) is 4.79 Å². The van der Waals surface area contributed by atoms with Crippen LogP contribution in [0.5, 0.6) is 0 Å². The van der Waals surface area contributed by atoms with Crippen LogP contribution in [-0.4, -0.2) is 5.91 Å². The van der Waals surface area contributed by atoms with Crippen molar-refractivity contribution < 1.29 is 4.79 Å². The maximum atomic E-state index is 12.4. The Morgan fingerprint density at radius 1 is 1.14 bits per heavy atom. The second-order valence-electron chi connectivity index (χ2n) is 6.22. The highest BCUT2D eigenvalue weighted by Gasteiger charge is 2.21. The number of rotatable bonds is 4. The molecule has 0 radical (unpaired) electrons. The van der Waals surface area contributed by atoms with Crippen molar-refractivity contribution in [2.75, 3.05) is 0 Å². The Morgan fingerprint density at radius 2 is 1.71 bits per heavy atom. The van der Waals surface area contributed by atoms with Gasteiger partial charge in [0.15, 0.2) is 0 Å². The van der Waals surface area contributed by atoms with E-state index in [1.54, 1.807) is 0 Å². The first-order valence-corrected chi connectivity index (χ1v) is 8.30. The summed E-state index contributed by atoms with van der Waals surface area (Å²) in [6.45, 7) is 2.61. The lowest BCUT2D eigenvalue weighted by atomic mass is 9.90. The van der Waals surface area contributed by atoms with Gasteiger partial charge in [0.2, 0.25) is 5.91 Å². The molecule has 21 heavy (non-hydrogen) atoms. The molecule has 1 fully saturated rings. The van der Waals surface area contributed by atoms with Gasteiger partial charge in [0.05, 0.1) is 6.04 Å². The largest absolute Gasteiger partial charge is 0.349 e. The highest BCUT2D eigenvalue weighted by atomic mass is 16.1. The van der Waals surface area contributed by atoms with Crippen molar-refractivity contribution in [3.8, 4) is 0 Å². The first-order chi connectivity index (χ1) is 10.2. The molecule has 1 atom stereocenters. The standard InChI is InChI=1S/C18H28N2O/c1-14(16-11-9-15(13-19)10-12-16)20-18(21)17-7-5-3-2-4-6-8-17/h9-12,14,17H,2-8,13,19H2,1H3,(H,20,21). The quantitative estimate of drug-likeness (QED) is 0.888. The highest BCUT2D eigenvalue weighted by Crippen LogP contribution is 2.23. The number of hydrogen-bond acceptors (Lipinski definition) is 2. The average molecular weight is 288 g/mol. The maximum absolute atomic E-state index is 12.4. The third kappa shape index (κ3) is 4.85. The molecule has 0 spiro atoms. The van der Waals surface area contributed by atoms with Crippen LogP contribution in [0.25, 0.3) is 0 Å². The molecule has 1 aromatic rings. The monoisotopic (exact) mass is 288 g/mol. The van der Waals surface area contributed by atoms with Crippen molar-refractivity contribution in [3.63, 3.8) is 0 Å². The smallest absolute Gasteiger partial charge is 0.223 e. The topological polar surface area (TPSA) is 55.1 Å². The minimum Gasteiger partial charge on any atom is -0.349 e. The second kappa shape index (κ2) is 8.18. The number of carbonyl (C=O) groups is 1. The van der Waals surface area contributed by atoms with Crippen LogP contribution >= 0.6 is 0 Å². The molecule has 0 aliphatic heterocycles. The SMILES string of the molecule is CC(NC(=O)C1CCCCCCC1)c1ccc(CN)cc1. The van der Waals surface area contributed by atoms with Gasteiger partial charge in [-0.05, 0) is 30.9 Å². The summed E-state index contributed by atoms with van der Waals surface area (Å²) < 4.78 is 0. The van der Waals surface area contributed by atoms with E-state index in [1.165, 1.54) is 32.1 Å². The van der Waals surface area contributed by atoms with Crippen molar-refractivity contribution >= 4 is 5.91 Å². The fourth-order valence-corrected chi connectivity index (χ4v) is 3.08. The normalized spacial score (nSPS) is 18.6. The van der Waals surface area contributed by atoms with Gasteiger partial charge in [-0.3, -0.25) is 4.79 Å². The van der Waals surface area contributed by atoms with Crippen molar-refractivity contribution in [2.24, 2.45) is 11.7 Å². The molecule has 2 rings (SSSR count). The molecule has 116 valence electrons. The molecule has 0 heterocycles. The summed E-state index contributed by atoms with van der Waals surface area (Å²) in [5.74, 6) is 0.434. The molecule has 1 saturated carbocycles. The molecule has 1 aromatic carbocycles. The number of benzene rings is 1. The Hall–Kier alpha value is -1.35. The average Bonchev–Trinajstić information content (AvgIpc) is 2.46. The lowest BCUT2D eigenvalue weighted by Crippen LogP contribution is -2.33. The first-order valence-electron chi connectivity index (χ1n) is 8.30. The molecule has 0 aromatic heterocycles. The van der Waals surface area contributed by atoms with Crippen LogP contribution < -0.4 is 11.1 Å². The van der Waals surface area contributed by atoms with Gasteiger partial charge < -0.3 is 11.1 Å². The Bertz CT molecular complexity index is 433. The zero-order valence-corrected chi connectivity index (χ0v) is 13.1. The van der Waals surface area contributed by atoms with Crippen LogP contribution in [0.1, 0.15) is 69.0 Å². The van der Waals surface area contributed by atoms with Crippen molar-refractivity contribution in [1.29, 1.82) is 0 Å². The lowest BCUT2D eigenvalue weighted by Gasteiger charge is -2.22. The molecule has 1 aliphatic carbocycles. The summed E-state index contributed by atoms with van der Waals surface area (Å²) in [4.78, 5) is 12.4. The summed E-state index contributed by atoms with van der Waals surface area (Å²) >= 11 is 0. The molecule has 3 N–H and O–H groups in total. The van der Waals surface area contributed by atoms with E-state index in [4.69, 9.17) is 5.73 Å². The summed E-state index contributed by atoms with van der Waals surface area (Å²) in [5, 5.41) is 3.18. The summed E-state index contributed by atoms with van der Waals surface area (Å²) in [7, 11) is 0. The van der Waals surface area contributed by atoms with Gasteiger partial charge in [0.25, 0.3) is 0 Å². The Kier molecular flexibility index (Phi) is 6.24. The molecular formula is C18H28N2O. The van der Waals surface area contributed by atoms with Crippen molar-refractivity contribution in [2.45, 2.75) is 64.5 Å². The van der Waals surface area contributed by atoms with E-state index >= 15 is 0 Å². The summed E-state index contributed by atoms with van der Waals surface area (Å²) in [6, 6.07) is 8.26. The van der Waals surface area contributed by atoms with Crippen LogP contribution in [0.4, 0.5) is 0 Å². The zero-order chi connectivity index (χ0) is 15.1. The van der Waals surface area contributed by atoms with Crippen LogP contribution in [0.2, 0.25) is 0 Å². The fraction of sp³-hybridized carbons (Fsp3) is 0.611. The van der Waals surface area contributed by atoms with Crippen molar-refractivity contribution in [1.82, 2.24) is 5.32 Å². The minimum atomic E-state index is 0.0646. The third-order valence-electron chi connectivity index (χ3n) is 4.55. The van der Waals surface area contributed by atoms with Gasteiger partial charge in [-0.25, -0.2) is 0 Å². The molecule has 1 aliphatic rings. The second-order valence-corrected chi connectivity index (χ2v) is 6.22. The number of carbonyl (C=O) groups excluding carboxylic acids is 1. The van der Waals surface area contributed by atoms with Crippen LogP contribution in [0.3, 0.4) is 0 Å². The molecule has 0 bridgehead atoms. The van der Waals surface area contributed by atoms with Gasteiger partial charge in [-0.15, -0.1) is 0 Å². The Labute approximate surface area is 128 Å². The van der Waals surface area contributed by atoms with Gasteiger partial charge >= 0.3 is 0 Å². The summed E-state index contributed by atoms with van der Waals surface area (Å²) in [5.41, 5.74) is 7.88. The van der Waals surface area contributed by atoms with Crippen LogP contribution in [0, 0.1) is 5.92 Å². The third-order valence-corrected chi connectivity index (χ3v) is 4.55. The van der Waals surface area contributed by atoms with E-state index in [0.29, 0.717) is 6.54 Å². The predicted octanol–water partition coefficient (Wildman–Crippen LogP) is 3.68. The number of hydrogen-bond donors (Lipinski definition) is 2. The molecule has 1 amide bonds. The lowest BCUT2D eigenvalue weighted by molar-refractivity contribution is -0.126. The van der Waals surface area contributed by atoms with Crippen LogP contribution in [0.15, 0.2) is 24.3 Å². The van der Waals surface area contributed by atoms with E-state index in [2.05, 4.69) is 24.4 Å². The first kappa shape index (κ1) is 16.0. The molecular weight excluding hydrogens is 260 g/mol. The van der Waals surface area contributed by atoms with E-state index in [0.717, 1.165) is 24.0 Å². The fourth-order valence-electron chi connectivity index (χ4n) is 3.08. The van der Waals surface area contributed by atoms with Crippen molar-refractivity contribution in [3.05, 3.63) is 35.4 Å². The number of nitrogens with two attached hydrogens (primary N) is 1. The number of nitrogens with one attached hydrogen (secondary N) is 1. The van der Waals surface area contributed by atoms with Gasteiger partial charge in [0, 0.05) is 12.5 Å². The van der Waals surface area contributed by atoms with Gasteiger partial charge in [-0.2, -0.15) is 0 Å². The van der Waals surface area contributed by atoms with Gasteiger partial charge in [0.1, 0.15) is 0 Å². The van der Waals surface area contributed by atoms with Crippen LogP contribution in [-0.2, 0) is 11.3 Å². The Balaban J connectivity index is 1.90. The molecule has 3 nitrogen and oxygen atoms in total. The molecule has 3 heteroatoms.